The SMILES string of the molecule is CC1=C(/C=C/C(C)=C/C=C/C(C)=C\C(=O)NCCCc2ccccc2)C(C)(C)CCC1C. The number of carbonyl (C=O) groups is 1. The van der Waals surface area contributed by atoms with Crippen LogP contribution in [0.1, 0.15) is 66.4 Å². The second-order valence-corrected chi connectivity index (χ2v) is 9.79. The van der Waals surface area contributed by atoms with Gasteiger partial charge in [-0.1, -0.05) is 92.6 Å². The Morgan fingerprint density at radius 1 is 1.12 bits per heavy atom. The molecule has 1 unspecified atom stereocenters. The van der Waals surface area contributed by atoms with Crippen LogP contribution in [0.5, 0.6) is 0 Å². The molecule has 1 amide bonds. The molecule has 1 aliphatic rings. The van der Waals surface area contributed by atoms with Gasteiger partial charge in [-0.05, 0) is 74.5 Å². The maximum absolute atomic E-state index is 12.1. The third kappa shape index (κ3) is 8.49. The molecule has 1 aromatic carbocycles. The van der Waals surface area contributed by atoms with Crippen molar-refractivity contribution in [2.45, 2.75) is 67.2 Å². The van der Waals surface area contributed by atoms with Gasteiger partial charge in [0.2, 0.25) is 5.91 Å². The topological polar surface area (TPSA) is 29.1 Å². The van der Waals surface area contributed by atoms with E-state index in [0.29, 0.717) is 12.5 Å². The minimum atomic E-state index is -0.0307. The van der Waals surface area contributed by atoms with Gasteiger partial charge in [0.05, 0.1) is 0 Å². The van der Waals surface area contributed by atoms with Crippen LogP contribution in [-0.4, -0.2) is 12.5 Å². The Balaban J connectivity index is 1.83. The minimum absolute atomic E-state index is 0.0307. The molecule has 0 fully saturated rings. The van der Waals surface area contributed by atoms with Gasteiger partial charge in [-0.3, -0.25) is 4.79 Å². The third-order valence-electron chi connectivity index (χ3n) is 6.47. The zero-order chi connectivity index (χ0) is 23.6. The summed E-state index contributed by atoms with van der Waals surface area (Å²) >= 11 is 0. The quantitative estimate of drug-likeness (QED) is 0.245. The standard InChI is InChI=1S/C30H41NO/c1-23(17-18-28-26(4)25(3)19-20-30(28,5)6)12-10-13-24(2)22-29(32)31-21-11-16-27-14-8-7-9-15-27/h7-10,12-15,17-18,22,25H,11,16,19-21H2,1-6H3,(H,31,32)/b13-10+,18-17+,23-12+,24-22-. The predicted octanol–water partition coefficient (Wildman–Crippen LogP) is 7.51. The van der Waals surface area contributed by atoms with E-state index >= 15 is 0 Å². The summed E-state index contributed by atoms with van der Waals surface area (Å²) in [6, 6.07) is 10.4. The summed E-state index contributed by atoms with van der Waals surface area (Å²) in [6.07, 6.45) is 16.7. The van der Waals surface area contributed by atoms with Gasteiger partial charge in [-0.15, -0.1) is 0 Å². The maximum Gasteiger partial charge on any atom is 0.244 e. The van der Waals surface area contributed by atoms with E-state index in [1.54, 1.807) is 6.08 Å². The number of hydrogen-bond donors (Lipinski definition) is 1. The summed E-state index contributed by atoms with van der Waals surface area (Å²) < 4.78 is 0. The largest absolute Gasteiger partial charge is 0.353 e. The van der Waals surface area contributed by atoms with Crippen LogP contribution in [0.4, 0.5) is 0 Å². The van der Waals surface area contributed by atoms with Gasteiger partial charge in [0.25, 0.3) is 0 Å². The summed E-state index contributed by atoms with van der Waals surface area (Å²) in [7, 11) is 0. The molecule has 32 heavy (non-hydrogen) atoms. The van der Waals surface area contributed by atoms with Gasteiger partial charge in [0.1, 0.15) is 0 Å². The fourth-order valence-electron chi connectivity index (χ4n) is 4.16. The normalized spacial score (nSPS) is 19.8. The number of allylic oxidation sites excluding steroid dienone is 9. The van der Waals surface area contributed by atoms with E-state index in [4.69, 9.17) is 0 Å². The number of amides is 1. The van der Waals surface area contributed by atoms with Crippen molar-refractivity contribution >= 4 is 5.91 Å². The fraction of sp³-hybridized carbons (Fsp3) is 0.433. The number of rotatable bonds is 9. The van der Waals surface area contributed by atoms with Crippen LogP contribution in [0.25, 0.3) is 0 Å². The Hall–Kier alpha value is -2.61. The monoisotopic (exact) mass is 431 g/mol. The molecule has 0 heterocycles. The highest BCUT2D eigenvalue weighted by molar-refractivity contribution is 5.88. The van der Waals surface area contributed by atoms with Gasteiger partial charge in [-0.2, -0.15) is 0 Å². The zero-order valence-corrected chi connectivity index (χ0v) is 20.9. The minimum Gasteiger partial charge on any atom is -0.353 e. The Kier molecular flexibility index (Phi) is 9.97. The van der Waals surface area contributed by atoms with Crippen molar-refractivity contribution in [2.75, 3.05) is 6.54 Å². The van der Waals surface area contributed by atoms with E-state index in [0.717, 1.165) is 18.4 Å². The number of carbonyl (C=O) groups excluding carboxylic acids is 1. The van der Waals surface area contributed by atoms with Crippen molar-refractivity contribution in [3.05, 3.63) is 94.6 Å². The predicted molar refractivity (Wildman–Crippen MR) is 138 cm³/mol. The van der Waals surface area contributed by atoms with Crippen LogP contribution in [0.15, 0.2) is 89.1 Å². The molecule has 172 valence electrons. The molecule has 0 spiro atoms. The first-order chi connectivity index (χ1) is 15.2. The van der Waals surface area contributed by atoms with Crippen LogP contribution < -0.4 is 5.32 Å². The van der Waals surface area contributed by atoms with E-state index in [1.165, 1.54) is 35.1 Å². The van der Waals surface area contributed by atoms with Crippen molar-refractivity contribution in [1.82, 2.24) is 5.32 Å². The molecule has 2 nitrogen and oxygen atoms in total. The van der Waals surface area contributed by atoms with Crippen molar-refractivity contribution in [3.63, 3.8) is 0 Å². The smallest absolute Gasteiger partial charge is 0.244 e. The Morgan fingerprint density at radius 3 is 2.56 bits per heavy atom. The third-order valence-corrected chi connectivity index (χ3v) is 6.47. The number of hydrogen-bond acceptors (Lipinski definition) is 1. The van der Waals surface area contributed by atoms with E-state index in [1.807, 2.05) is 37.3 Å². The van der Waals surface area contributed by atoms with E-state index in [9.17, 15) is 4.79 Å². The van der Waals surface area contributed by atoms with Crippen LogP contribution in [0, 0.1) is 11.3 Å². The molecule has 0 aromatic heterocycles. The molecule has 0 saturated heterocycles. The lowest BCUT2D eigenvalue weighted by Crippen LogP contribution is -2.23. The van der Waals surface area contributed by atoms with Gasteiger partial charge in [-0.25, -0.2) is 0 Å². The van der Waals surface area contributed by atoms with Gasteiger partial charge in [0, 0.05) is 12.6 Å². The average Bonchev–Trinajstić information content (AvgIpc) is 2.74. The van der Waals surface area contributed by atoms with Crippen molar-refractivity contribution in [3.8, 4) is 0 Å². The number of nitrogens with one attached hydrogen (secondary N) is 1. The van der Waals surface area contributed by atoms with Gasteiger partial charge in [0.15, 0.2) is 0 Å². The molecule has 0 radical (unpaired) electrons. The molecule has 0 bridgehead atoms. The first-order valence-electron chi connectivity index (χ1n) is 11.9. The van der Waals surface area contributed by atoms with Crippen LogP contribution in [-0.2, 0) is 11.2 Å². The summed E-state index contributed by atoms with van der Waals surface area (Å²) in [5, 5.41) is 2.97. The van der Waals surface area contributed by atoms with Crippen LogP contribution >= 0.6 is 0 Å². The van der Waals surface area contributed by atoms with Gasteiger partial charge < -0.3 is 5.32 Å². The summed E-state index contributed by atoms with van der Waals surface area (Å²) in [5.74, 6) is 0.640. The molecule has 2 heteroatoms. The van der Waals surface area contributed by atoms with Crippen LogP contribution in [0.2, 0.25) is 0 Å². The van der Waals surface area contributed by atoms with E-state index < -0.39 is 0 Å². The lowest BCUT2D eigenvalue weighted by molar-refractivity contribution is -0.116. The maximum atomic E-state index is 12.1. The van der Waals surface area contributed by atoms with E-state index in [-0.39, 0.29) is 11.3 Å². The van der Waals surface area contributed by atoms with Crippen LogP contribution in [0.3, 0.4) is 0 Å². The zero-order valence-electron chi connectivity index (χ0n) is 20.9. The van der Waals surface area contributed by atoms with Gasteiger partial charge >= 0.3 is 0 Å². The average molecular weight is 432 g/mol. The molecule has 2 rings (SSSR count). The molecule has 1 atom stereocenters. The number of aryl methyl sites for hydroxylation is 1. The highest BCUT2D eigenvalue weighted by Gasteiger charge is 2.29. The highest BCUT2D eigenvalue weighted by Crippen LogP contribution is 2.43. The summed E-state index contributed by atoms with van der Waals surface area (Å²) in [5.41, 5.74) is 6.70. The Morgan fingerprint density at radius 2 is 1.84 bits per heavy atom. The second kappa shape index (κ2) is 12.4. The summed E-state index contributed by atoms with van der Waals surface area (Å²) in [4.78, 5) is 12.1. The Labute approximate surface area is 195 Å². The molecule has 1 aliphatic carbocycles. The molecular formula is C30H41NO. The van der Waals surface area contributed by atoms with Crippen molar-refractivity contribution < 1.29 is 4.79 Å². The Bertz CT molecular complexity index is 909. The molecular weight excluding hydrogens is 390 g/mol. The molecule has 0 aliphatic heterocycles. The molecule has 1 N–H and O–H groups in total. The summed E-state index contributed by atoms with van der Waals surface area (Å²) in [6.45, 7) is 14.1. The van der Waals surface area contributed by atoms with E-state index in [2.05, 4.69) is 70.3 Å². The first-order valence-corrected chi connectivity index (χ1v) is 11.9. The first kappa shape index (κ1) is 25.6. The van der Waals surface area contributed by atoms with Crippen molar-refractivity contribution in [1.29, 1.82) is 0 Å². The van der Waals surface area contributed by atoms with Crippen molar-refractivity contribution in [2.24, 2.45) is 11.3 Å². The lowest BCUT2D eigenvalue weighted by atomic mass is 9.69. The molecule has 0 saturated carbocycles. The number of benzene rings is 1. The fourth-order valence-corrected chi connectivity index (χ4v) is 4.16. The highest BCUT2D eigenvalue weighted by atomic mass is 16.1. The second-order valence-electron chi connectivity index (χ2n) is 9.79. The molecule has 1 aromatic rings. The lowest BCUT2D eigenvalue weighted by Gasteiger charge is -2.36.